The number of carbonyl (C=O) groups is 2. The number of nitrogens with two attached hydrogens (primary N) is 1. The third-order valence-electron chi connectivity index (χ3n) is 3.32. The Morgan fingerprint density at radius 3 is 2.41 bits per heavy atom. The van der Waals surface area contributed by atoms with Crippen LogP contribution in [0.5, 0.6) is 0 Å². The van der Waals surface area contributed by atoms with Gasteiger partial charge in [-0.2, -0.15) is 5.10 Å². The summed E-state index contributed by atoms with van der Waals surface area (Å²) in [5.74, 6) is -1.26. The molecule has 116 valence electrons. The number of primary amides is 1. The third-order valence-corrected chi connectivity index (χ3v) is 3.32. The van der Waals surface area contributed by atoms with Crippen LogP contribution in [-0.2, 0) is 4.79 Å². The Labute approximate surface area is 127 Å². The van der Waals surface area contributed by atoms with E-state index in [0.717, 1.165) is 0 Å². The highest BCUT2D eigenvalue weighted by atomic mass is 19.1. The van der Waals surface area contributed by atoms with E-state index in [9.17, 15) is 14.0 Å². The molecule has 1 aromatic carbocycles. The second-order valence-electron chi connectivity index (χ2n) is 5.06. The maximum absolute atomic E-state index is 13.0. The molecule has 22 heavy (non-hydrogen) atoms. The highest BCUT2D eigenvalue weighted by Gasteiger charge is 2.23. The number of nitrogens with zero attached hydrogens (tertiary/aromatic N) is 3. The summed E-state index contributed by atoms with van der Waals surface area (Å²) in [6, 6.07) is 5.81. The van der Waals surface area contributed by atoms with Crippen LogP contribution in [0.2, 0.25) is 0 Å². The van der Waals surface area contributed by atoms with Crippen molar-refractivity contribution in [2.45, 2.75) is 13.8 Å². The van der Waals surface area contributed by atoms with Crippen molar-refractivity contribution in [3.8, 4) is 5.69 Å². The standard InChI is InChI=1S/C15H17FN4O2/c1-9-14(15(22)19(3)8-13(17)21)10(2)20(18-9)12-6-4-11(16)5-7-12/h4-7H,8H2,1-3H3,(H2,17,21). The molecule has 2 N–H and O–H groups in total. The molecule has 6 nitrogen and oxygen atoms in total. The molecule has 0 radical (unpaired) electrons. The summed E-state index contributed by atoms with van der Waals surface area (Å²) in [7, 11) is 1.50. The van der Waals surface area contributed by atoms with Crippen molar-refractivity contribution < 1.29 is 14.0 Å². The number of aromatic nitrogens is 2. The number of likely N-dealkylation sites (N-methyl/N-ethyl adjacent to an activating group) is 1. The molecule has 0 bridgehead atoms. The molecule has 7 heteroatoms. The molecule has 2 rings (SSSR count). The fourth-order valence-electron chi connectivity index (χ4n) is 2.28. The van der Waals surface area contributed by atoms with Crippen molar-refractivity contribution in [2.24, 2.45) is 5.73 Å². The van der Waals surface area contributed by atoms with Crippen molar-refractivity contribution in [3.05, 3.63) is 47.0 Å². The molecule has 0 aliphatic carbocycles. The van der Waals surface area contributed by atoms with Crippen LogP contribution in [0.1, 0.15) is 21.7 Å². The average Bonchev–Trinajstić information content (AvgIpc) is 2.73. The van der Waals surface area contributed by atoms with Gasteiger partial charge in [-0.05, 0) is 38.1 Å². The van der Waals surface area contributed by atoms with Gasteiger partial charge in [-0.25, -0.2) is 9.07 Å². The minimum Gasteiger partial charge on any atom is -0.368 e. The van der Waals surface area contributed by atoms with Crippen LogP contribution in [0, 0.1) is 19.7 Å². The maximum atomic E-state index is 13.0. The van der Waals surface area contributed by atoms with Crippen molar-refractivity contribution in [3.63, 3.8) is 0 Å². The lowest BCUT2D eigenvalue weighted by Crippen LogP contribution is -2.35. The van der Waals surface area contributed by atoms with Crippen LogP contribution < -0.4 is 5.73 Å². The SMILES string of the molecule is Cc1nn(-c2ccc(F)cc2)c(C)c1C(=O)N(C)CC(N)=O. The average molecular weight is 304 g/mol. The van der Waals surface area contributed by atoms with E-state index in [0.29, 0.717) is 22.6 Å². The first-order valence-electron chi connectivity index (χ1n) is 6.67. The van der Waals surface area contributed by atoms with Crippen molar-refractivity contribution in [1.82, 2.24) is 14.7 Å². The van der Waals surface area contributed by atoms with E-state index in [1.807, 2.05) is 0 Å². The van der Waals surface area contributed by atoms with Crippen LogP contribution in [0.3, 0.4) is 0 Å². The molecule has 2 aromatic rings. The number of hydrogen-bond acceptors (Lipinski definition) is 3. The summed E-state index contributed by atoms with van der Waals surface area (Å²) in [4.78, 5) is 24.6. The van der Waals surface area contributed by atoms with Gasteiger partial charge in [-0.1, -0.05) is 0 Å². The summed E-state index contributed by atoms with van der Waals surface area (Å²) in [5, 5.41) is 4.32. The minimum atomic E-state index is -0.586. The number of benzene rings is 1. The molecule has 0 spiro atoms. The molecule has 0 atom stereocenters. The predicted molar refractivity (Wildman–Crippen MR) is 79.2 cm³/mol. The normalized spacial score (nSPS) is 10.5. The lowest BCUT2D eigenvalue weighted by atomic mass is 10.1. The molecule has 0 saturated heterocycles. The first-order chi connectivity index (χ1) is 10.3. The van der Waals surface area contributed by atoms with Crippen molar-refractivity contribution in [1.29, 1.82) is 0 Å². The molecule has 0 fully saturated rings. The summed E-state index contributed by atoms with van der Waals surface area (Å²) in [6.07, 6.45) is 0. The monoisotopic (exact) mass is 304 g/mol. The molecular weight excluding hydrogens is 287 g/mol. The van der Waals surface area contributed by atoms with Gasteiger partial charge in [0.25, 0.3) is 5.91 Å². The molecule has 2 amide bonds. The molecular formula is C15H17FN4O2. The quantitative estimate of drug-likeness (QED) is 0.921. The molecule has 0 aliphatic heterocycles. The number of carbonyl (C=O) groups excluding carboxylic acids is 2. The number of aryl methyl sites for hydroxylation is 1. The minimum absolute atomic E-state index is 0.167. The molecule has 1 aromatic heterocycles. The van der Waals surface area contributed by atoms with Gasteiger partial charge in [0.05, 0.1) is 29.2 Å². The zero-order chi connectivity index (χ0) is 16.4. The summed E-state index contributed by atoms with van der Waals surface area (Å²) < 4.78 is 14.6. The zero-order valence-corrected chi connectivity index (χ0v) is 12.6. The van der Waals surface area contributed by atoms with E-state index in [4.69, 9.17) is 5.73 Å². The van der Waals surface area contributed by atoms with E-state index in [1.165, 1.54) is 24.1 Å². The number of rotatable bonds is 4. The second kappa shape index (κ2) is 5.97. The summed E-state index contributed by atoms with van der Waals surface area (Å²) >= 11 is 0. The van der Waals surface area contributed by atoms with Crippen LogP contribution in [0.25, 0.3) is 5.69 Å². The van der Waals surface area contributed by atoms with Gasteiger partial charge >= 0.3 is 0 Å². The first kappa shape index (κ1) is 15.7. The largest absolute Gasteiger partial charge is 0.368 e. The second-order valence-corrected chi connectivity index (χ2v) is 5.06. The van der Waals surface area contributed by atoms with E-state index in [2.05, 4.69) is 5.10 Å². The van der Waals surface area contributed by atoms with Crippen molar-refractivity contribution in [2.75, 3.05) is 13.6 Å². The van der Waals surface area contributed by atoms with Gasteiger partial charge in [0.2, 0.25) is 5.91 Å². The number of halogens is 1. The van der Waals surface area contributed by atoms with Crippen LogP contribution in [0.15, 0.2) is 24.3 Å². The molecule has 1 heterocycles. The van der Waals surface area contributed by atoms with E-state index in [1.54, 1.807) is 30.7 Å². The predicted octanol–water partition coefficient (Wildman–Crippen LogP) is 1.19. The Bertz CT molecular complexity index is 722. The van der Waals surface area contributed by atoms with Gasteiger partial charge in [0, 0.05) is 7.05 Å². The van der Waals surface area contributed by atoms with Gasteiger partial charge < -0.3 is 10.6 Å². The topological polar surface area (TPSA) is 81.2 Å². The van der Waals surface area contributed by atoms with Crippen LogP contribution in [-0.4, -0.2) is 40.1 Å². The highest BCUT2D eigenvalue weighted by Crippen LogP contribution is 2.19. The van der Waals surface area contributed by atoms with Gasteiger partial charge in [-0.15, -0.1) is 0 Å². The highest BCUT2D eigenvalue weighted by molar-refractivity contribution is 5.98. The third kappa shape index (κ3) is 2.98. The maximum Gasteiger partial charge on any atom is 0.257 e. The Hall–Kier alpha value is -2.70. The van der Waals surface area contributed by atoms with E-state index >= 15 is 0 Å². The molecule has 0 aliphatic rings. The van der Waals surface area contributed by atoms with Crippen LogP contribution >= 0.6 is 0 Å². The Morgan fingerprint density at radius 2 is 1.86 bits per heavy atom. The molecule has 0 saturated carbocycles. The van der Waals surface area contributed by atoms with E-state index in [-0.39, 0.29) is 18.3 Å². The Morgan fingerprint density at radius 1 is 1.27 bits per heavy atom. The zero-order valence-electron chi connectivity index (χ0n) is 12.6. The number of hydrogen-bond donors (Lipinski definition) is 1. The Kier molecular flexibility index (Phi) is 4.25. The lowest BCUT2D eigenvalue weighted by molar-refractivity contribution is -0.118. The van der Waals surface area contributed by atoms with Gasteiger partial charge in [0.15, 0.2) is 0 Å². The van der Waals surface area contributed by atoms with Crippen LogP contribution in [0.4, 0.5) is 4.39 Å². The summed E-state index contributed by atoms with van der Waals surface area (Å²) in [6.45, 7) is 3.28. The smallest absolute Gasteiger partial charge is 0.257 e. The molecule has 0 unspecified atom stereocenters. The fourth-order valence-corrected chi connectivity index (χ4v) is 2.28. The number of amides is 2. The summed E-state index contributed by atoms with van der Waals surface area (Å²) in [5.41, 5.74) is 7.32. The Balaban J connectivity index is 2.41. The van der Waals surface area contributed by atoms with Gasteiger partial charge in [0.1, 0.15) is 5.82 Å². The van der Waals surface area contributed by atoms with Gasteiger partial charge in [-0.3, -0.25) is 9.59 Å². The lowest BCUT2D eigenvalue weighted by Gasteiger charge is -2.15. The first-order valence-corrected chi connectivity index (χ1v) is 6.67. The fraction of sp³-hybridized carbons (Fsp3) is 0.267. The van der Waals surface area contributed by atoms with Crippen molar-refractivity contribution >= 4 is 11.8 Å². The van der Waals surface area contributed by atoms with E-state index < -0.39 is 5.91 Å².